The third-order valence-electron chi connectivity index (χ3n) is 3.55. The average molecular weight is 351 g/mol. The molecule has 116 valence electrons. The van der Waals surface area contributed by atoms with Crippen LogP contribution >= 0.6 is 23.2 Å². The number of Topliss-reactive ketones (excluding diaryl/α,β-unsaturated/α-hetero) is 1. The molecule has 0 aliphatic carbocycles. The molecule has 2 unspecified atom stereocenters. The molecule has 0 aromatic heterocycles. The summed E-state index contributed by atoms with van der Waals surface area (Å²) in [6.07, 6.45) is 1.25. The molecule has 1 aromatic carbocycles. The summed E-state index contributed by atoms with van der Waals surface area (Å²) < 4.78 is 29.9. The second-order valence-electron chi connectivity index (χ2n) is 5.10. The van der Waals surface area contributed by atoms with Crippen molar-refractivity contribution >= 4 is 38.8 Å². The second kappa shape index (κ2) is 6.65. The molecule has 1 saturated heterocycles. The fourth-order valence-corrected chi connectivity index (χ4v) is 4.28. The van der Waals surface area contributed by atoms with Crippen LogP contribution in [0.5, 0.6) is 0 Å². The average Bonchev–Trinajstić information content (AvgIpc) is 2.89. The van der Waals surface area contributed by atoms with Gasteiger partial charge in [-0.05, 0) is 38.0 Å². The van der Waals surface area contributed by atoms with Gasteiger partial charge in [-0.2, -0.15) is 0 Å². The van der Waals surface area contributed by atoms with Gasteiger partial charge in [-0.25, -0.2) is 8.42 Å². The van der Waals surface area contributed by atoms with Crippen LogP contribution in [0.2, 0.25) is 10.0 Å². The molecule has 1 aromatic rings. The van der Waals surface area contributed by atoms with E-state index in [1.54, 1.807) is 0 Å². The Morgan fingerprint density at radius 1 is 1.43 bits per heavy atom. The van der Waals surface area contributed by atoms with Crippen LogP contribution in [-0.4, -0.2) is 37.9 Å². The summed E-state index contributed by atoms with van der Waals surface area (Å²) in [5.74, 6) is -0.653. The number of ether oxygens (including phenoxy) is 1. The van der Waals surface area contributed by atoms with Crippen molar-refractivity contribution in [2.24, 2.45) is 0 Å². The Hall–Kier alpha value is -0.620. The Morgan fingerprint density at radius 2 is 2.14 bits per heavy atom. The van der Waals surface area contributed by atoms with Gasteiger partial charge in [0.05, 0.1) is 16.9 Å². The van der Waals surface area contributed by atoms with Crippen molar-refractivity contribution in [2.75, 3.05) is 12.4 Å². The van der Waals surface area contributed by atoms with Crippen LogP contribution in [-0.2, 0) is 14.6 Å². The predicted octanol–water partition coefficient (Wildman–Crippen LogP) is 3.16. The highest BCUT2D eigenvalue weighted by Crippen LogP contribution is 2.24. The molecule has 0 radical (unpaired) electrons. The number of benzene rings is 1. The Bertz CT molecular complexity index is 636. The van der Waals surface area contributed by atoms with Crippen molar-refractivity contribution in [3.8, 4) is 0 Å². The van der Waals surface area contributed by atoms with Gasteiger partial charge in [0.15, 0.2) is 15.6 Å². The van der Waals surface area contributed by atoms with E-state index in [0.717, 1.165) is 6.42 Å². The maximum Gasteiger partial charge on any atom is 0.182 e. The van der Waals surface area contributed by atoms with E-state index in [0.29, 0.717) is 18.1 Å². The summed E-state index contributed by atoms with van der Waals surface area (Å²) in [5.41, 5.74) is 0.171. The second-order valence-corrected chi connectivity index (χ2v) is 8.30. The first-order chi connectivity index (χ1) is 9.81. The van der Waals surface area contributed by atoms with Crippen LogP contribution < -0.4 is 0 Å². The molecule has 2 rings (SSSR count). The molecular weight excluding hydrogens is 335 g/mol. The number of carbonyl (C=O) groups excluding carboxylic acids is 1. The maximum absolute atomic E-state index is 12.3. The van der Waals surface area contributed by atoms with E-state index in [1.807, 2.05) is 0 Å². The van der Waals surface area contributed by atoms with Gasteiger partial charge in [-0.3, -0.25) is 4.79 Å². The quantitative estimate of drug-likeness (QED) is 0.765. The molecule has 1 heterocycles. The molecule has 7 heteroatoms. The van der Waals surface area contributed by atoms with E-state index in [1.165, 1.54) is 25.1 Å². The van der Waals surface area contributed by atoms with Gasteiger partial charge >= 0.3 is 0 Å². The minimum Gasteiger partial charge on any atom is -0.377 e. The van der Waals surface area contributed by atoms with E-state index < -0.39 is 20.9 Å². The maximum atomic E-state index is 12.3. The molecule has 0 saturated carbocycles. The molecule has 21 heavy (non-hydrogen) atoms. The van der Waals surface area contributed by atoms with Crippen molar-refractivity contribution in [3.05, 3.63) is 33.8 Å². The number of hydrogen-bond acceptors (Lipinski definition) is 4. The SMILES string of the molecule is CC(C(=O)c1ccc(Cl)cc1Cl)S(=O)(=O)CC1CCCO1. The molecule has 1 fully saturated rings. The monoisotopic (exact) mass is 350 g/mol. The minimum atomic E-state index is -3.58. The number of carbonyl (C=O) groups is 1. The van der Waals surface area contributed by atoms with E-state index >= 15 is 0 Å². The van der Waals surface area contributed by atoms with Gasteiger partial charge in [0, 0.05) is 17.2 Å². The van der Waals surface area contributed by atoms with E-state index in [4.69, 9.17) is 27.9 Å². The number of hydrogen-bond donors (Lipinski definition) is 0. The number of rotatable bonds is 5. The van der Waals surface area contributed by atoms with Crippen LogP contribution in [0.15, 0.2) is 18.2 Å². The van der Waals surface area contributed by atoms with Crippen LogP contribution in [0, 0.1) is 0 Å². The molecule has 1 aliphatic rings. The molecule has 0 N–H and O–H groups in total. The summed E-state index contributed by atoms with van der Waals surface area (Å²) in [6.45, 7) is 1.96. The standard InChI is InChI=1S/C14H16Cl2O4S/c1-9(21(18,19)8-11-3-2-6-20-11)14(17)12-5-4-10(15)7-13(12)16/h4-5,7,9,11H,2-3,6,8H2,1H3. The molecule has 0 bridgehead atoms. The predicted molar refractivity (Wildman–Crippen MR) is 83.0 cm³/mol. The Kier molecular flexibility index (Phi) is 5.30. The van der Waals surface area contributed by atoms with Crippen LogP contribution in [0.3, 0.4) is 0 Å². The summed E-state index contributed by atoms with van der Waals surface area (Å²) in [4.78, 5) is 12.3. The van der Waals surface area contributed by atoms with E-state index in [9.17, 15) is 13.2 Å². The molecule has 0 amide bonds. The molecule has 1 aliphatic heterocycles. The van der Waals surface area contributed by atoms with Gasteiger partial charge in [-0.15, -0.1) is 0 Å². The van der Waals surface area contributed by atoms with Gasteiger partial charge in [-0.1, -0.05) is 23.2 Å². The van der Waals surface area contributed by atoms with Crippen LogP contribution in [0.1, 0.15) is 30.1 Å². The molecule has 2 atom stereocenters. The third kappa shape index (κ3) is 3.97. The highest BCUT2D eigenvalue weighted by Gasteiger charge is 2.33. The lowest BCUT2D eigenvalue weighted by atomic mass is 10.1. The van der Waals surface area contributed by atoms with E-state index in [-0.39, 0.29) is 22.4 Å². The molecular formula is C14H16Cl2O4S. The largest absolute Gasteiger partial charge is 0.377 e. The third-order valence-corrected chi connectivity index (χ3v) is 6.22. The van der Waals surface area contributed by atoms with Crippen LogP contribution in [0.25, 0.3) is 0 Å². The van der Waals surface area contributed by atoms with Crippen LogP contribution in [0.4, 0.5) is 0 Å². The zero-order chi connectivity index (χ0) is 15.6. The van der Waals surface area contributed by atoms with Crippen molar-refractivity contribution in [2.45, 2.75) is 31.1 Å². The Morgan fingerprint density at radius 3 is 2.71 bits per heavy atom. The Balaban J connectivity index is 2.17. The normalized spacial score (nSPS) is 20.4. The van der Waals surface area contributed by atoms with Gasteiger partial charge < -0.3 is 4.74 Å². The fourth-order valence-electron chi connectivity index (χ4n) is 2.25. The van der Waals surface area contributed by atoms with Crippen molar-refractivity contribution in [1.29, 1.82) is 0 Å². The van der Waals surface area contributed by atoms with E-state index in [2.05, 4.69) is 0 Å². The first-order valence-electron chi connectivity index (χ1n) is 6.63. The lowest BCUT2D eigenvalue weighted by Crippen LogP contribution is -2.33. The van der Waals surface area contributed by atoms with Gasteiger partial charge in [0.1, 0.15) is 5.25 Å². The number of ketones is 1. The van der Waals surface area contributed by atoms with Crippen molar-refractivity contribution in [3.63, 3.8) is 0 Å². The lowest BCUT2D eigenvalue weighted by molar-refractivity contribution is 0.0990. The first-order valence-corrected chi connectivity index (χ1v) is 9.11. The number of sulfone groups is 1. The van der Waals surface area contributed by atoms with Crippen molar-refractivity contribution < 1.29 is 17.9 Å². The number of halogens is 2. The zero-order valence-corrected chi connectivity index (χ0v) is 13.8. The highest BCUT2D eigenvalue weighted by atomic mass is 35.5. The molecule has 4 nitrogen and oxygen atoms in total. The van der Waals surface area contributed by atoms with Gasteiger partial charge in [0.2, 0.25) is 0 Å². The molecule has 0 spiro atoms. The fraction of sp³-hybridized carbons (Fsp3) is 0.500. The first kappa shape index (κ1) is 16.7. The Labute approximate surface area is 134 Å². The smallest absolute Gasteiger partial charge is 0.182 e. The summed E-state index contributed by atoms with van der Waals surface area (Å²) >= 11 is 11.7. The highest BCUT2D eigenvalue weighted by molar-refractivity contribution is 7.92. The summed E-state index contributed by atoms with van der Waals surface area (Å²) in [5, 5.41) is -0.599. The lowest BCUT2D eigenvalue weighted by Gasteiger charge is -2.16. The minimum absolute atomic E-state index is 0.134. The summed E-state index contributed by atoms with van der Waals surface area (Å²) in [7, 11) is -3.58. The van der Waals surface area contributed by atoms with Crippen molar-refractivity contribution in [1.82, 2.24) is 0 Å². The van der Waals surface area contributed by atoms with Gasteiger partial charge in [0.25, 0.3) is 0 Å². The topological polar surface area (TPSA) is 60.4 Å². The summed E-state index contributed by atoms with van der Waals surface area (Å²) in [6, 6.07) is 4.39. The zero-order valence-electron chi connectivity index (χ0n) is 11.5.